The van der Waals surface area contributed by atoms with Gasteiger partial charge in [-0.1, -0.05) is 0 Å². The maximum Gasteiger partial charge on any atom is 0.194 e. The molecule has 0 amide bonds. The zero-order valence-corrected chi connectivity index (χ0v) is 11.7. The van der Waals surface area contributed by atoms with Gasteiger partial charge < -0.3 is 19.7 Å². The third-order valence-electron chi connectivity index (χ3n) is 3.33. The van der Waals surface area contributed by atoms with E-state index in [1.807, 2.05) is 0 Å². The van der Waals surface area contributed by atoms with Crippen LogP contribution < -0.4 is 5.32 Å². The van der Waals surface area contributed by atoms with Crippen LogP contribution in [0.5, 0.6) is 0 Å². The molecule has 2 N–H and O–H groups in total. The maximum absolute atomic E-state index is 10.4. The number of guanidine groups is 1. The summed E-state index contributed by atoms with van der Waals surface area (Å²) in [6.45, 7) is 6.97. The SMILES string of the molecule is CCNC(=NCC(C)(O)c1ccco1)N1CCCC1. The molecular formula is C14H23N3O2. The number of aliphatic imine (C=N–C) groups is 1. The molecule has 0 aromatic carbocycles. The van der Waals surface area contributed by atoms with Gasteiger partial charge in [0.25, 0.3) is 0 Å². The lowest BCUT2D eigenvalue weighted by atomic mass is 10.0. The second-order valence-corrected chi connectivity index (χ2v) is 5.12. The predicted octanol–water partition coefficient (Wildman–Crippen LogP) is 1.55. The normalized spacial score (nSPS) is 19.5. The Bertz CT molecular complexity index is 406. The van der Waals surface area contributed by atoms with Crippen molar-refractivity contribution in [3.05, 3.63) is 24.2 Å². The summed E-state index contributed by atoms with van der Waals surface area (Å²) in [7, 11) is 0. The van der Waals surface area contributed by atoms with Gasteiger partial charge >= 0.3 is 0 Å². The Morgan fingerprint density at radius 3 is 2.84 bits per heavy atom. The molecule has 19 heavy (non-hydrogen) atoms. The van der Waals surface area contributed by atoms with Gasteiger partial charge in [-0.2, -0.15) is 0 Å². The van der Waals surface area contributed by atoms with E-state index in [-0.39, 0.29) is 0 Å². The van der Waals surface area contributed by atoms with Crippen LogP contribution in [-0.4, -0.2) is 42.1 Å². The van der Waals surface area contributed by atoms with Crippen LogP contribution in [0.15, 0.2) is 27.8 Å². The summed E-state index contributed by atoms with van der Waals surface area (Å²) in [5.41, 5.74) is -1.07. The molecule has 0 spiro atoms. The average molecular weight is 265 g/mol. The summed E-state index contributed by atoms with van der Waals surface area (Å²) in [5, 5.41) is 13.7. The number of hydrogen-bond acceptors (Lipinski definition) is 3. The molecule has 1 aliphatic heterocycles. The van der Waals surface area contributed by atoms with Crippen molar-refractivity contribution in [1.29, 1.82) is 0 Å². The minimum absolute atomic E-state index is 0.291. The van der Waals surface area contributed by atoms with Crippen LogP contribution in [0.4, 0.5) is 0 Å². The first-order valence-electron chi connectivity index (χ1n) is 6.93. The van der Waals surface area contributed by atoms with Crippen LogP contribution in [0.1, 0.15) is 32.4 Å². The first kappa shape index (κ1) is 13.9. The molecule has 0 saturated carbocycles. The summed E-state index contributed by atoms with van der Waals surface area (Å²) >= 11 is 0. The Kier molecular flexibility index (Phi) is 4.47. The fraction of sp³-hybridized carbons (Fsp3) is 0.643. The molecule has 1 unspecified atom stereocenters. The lowest BCUT2D eigenvalue weighted by molar-refractivity contribution is 0.0435. The lowest BCUT2D eigenvalue weighted by Crippen LogP contribution is -2.40. The van der Waals surface area contributed by atoms with Crippen molar-refractivity contribution in [2.24, 2.45) is 4.99 Å². The first-order valence-corrected chi connectivity index (χ1v) is 6.93. The molecule has 1 fully saturated rings. The van der Waals surface area contributed by atoms with Crippen LogP contribution in [0.2, 0.25) is 0 Å². The van der Waals surface area contributed by atoms with Crippen LogP contribution in [0.3, 0.4) is 0 Å². The van der Waals surface area contributed by atoms with Crippen molar-refractivity contribution < 1.29 is 9.52 Å². The zero-order valence-electron chi connectivity index (χ0n) is 11.7. The Balaban J connectivity index is 2.04. The van der Waals surface area contributed by atoms with E-state index in [1.54, 1.807) is 25.3 Å². The standard InChI is InChI=1S/C14H23N3O2/c1-3-15-13(17-8-4-5-9-17)16-11-14(2,18)12-7-6-10-19-12/h6-7,10,18H,3-5,8-9,11H2,1-2H3,(H,15,16). The first-order chi connectivity index (χ1) is 9.13. The van der Waals surface area contributed by atoms with Gasteiger partial charge in [-0.3, -0.25) is 0 Å². The maximum atomic E-state index is 10.4. The highest BCUT2D eigenvalue weighted by atomic mass is 16.4. The number of likely N-dealkylation sites (tertiary alicyclic amines) is 1. The van der Waals surface area contributed by atoms with Crippen LogP contribution >= 0.6 is 0 Å². The summed E-state index contributed by atoms with van der Waals surface area (Å²) < 4.78 is 5.26. The van der Waals surface area contributed by atoms with Gasteiger partial charge in [-0.15, -0.1) is 0 Å². The van der Waals surface area contributed by atoms with Gasteiger partial charge in [-0.05, 0) is 38.8 Å². The van der Waals surface area contributed by atoms with Gasteiger partial charge in [0.05, 0.1) is 12.8 Å². The Morgan fingerprint density at radius 1 is 1.53 bits per heavy atom. The molecule has 1 saturated heterocycles. The smallest absolute Gasteiger partial charge is 0.194 e. The quantitative estimate of drug-likeness (QED) is 0.640. The van der Waals surface area contributed by atoms with Crippen LogP contribution in [-0.2, 0) is 5.60 Å². The topological polar surface area (TPSA) is 61.0 Å². The van der Waals surface area contributed by atoms with Crippen LogP contribution in [0.25, 0.3) is 0 Å². The van der Waals surface area contributed by atoms with Crippen molar-refractivity contribution in [2.75, 3.05) is 26.2 Å². The fourth-order valence-corrected chi connectivity index (χ4v) is 2.25. The van der Waals surface area contributed by atoms with E-state index in [4.69, 9.17) is 4.42 Å². The van der Waals surface area contributed by atoms with Gasteiger partial charge in [-0.25, -0.2) is 4.99 Å². The minimum atomic E-state index is -1.07. The van der Waals surface area contributed by atoms with Gasteiger partial charge in [0.15, 0.2) is 5.96 Å². The zero-order chi connectivity index (χ0) is 13.7. The third-order valence-corrected chi connectivity index (χ3v) is 3.33. The number of aliphatic hydroxyl groups is 1. The molecule has 2 rings (SSSR count). The molecule has 1 atom stereocenters. The van der Waals surface area contributed by atoms with Gasteiger partial charge in [0, 0.05) is 19.6 Å². The molecule has 5 nitrogen and oxygen atoms in total. The Labute approximate surface area is 114 Å². The highest BCUT2D eigenvalue weighted by molar-refractivity contribution is 5.80. The summed E-state index contributed by atoms with van der Waals surface area (Å²) in [6, 6.07) is 3.55. The molecule has 1 aromatic heterocycles. The molecule has 5 heteroatoms. The lowest BCUT2D eigenvalue weighted by Gasteiger charge is -2.23. The minimum Gasteiger partial charge on any atom is -0.466 e. The number of hydrogen-bond donors (Lipinski definition) is 2. The number of furan rings is 1. The average Bonchev–Trinajstić information content (AvgIpc) is 3.05. The van der Waals surface area contributed by atoms with E-state index < -0.39 is 5.60 Å². The fourth-order valence-electron chi connectivity index (χ4n) is 2.25. The van der Waals surface area contributed by atoms with Crippen molar-refractivity contribution in [1.82, 2.24) is 10.2 Å². The molecule has 0 radical (unpaired) electrons. The molecule has 106 valence electrons. The molecule has 1 aliphatic rings. The third kappa shape index (κ3) is 3.50. The molecule has 0 bridgehead atoms. The highest BCUT2D eigenvalue weighted by Crippen LogP contribution is 2.21. The molecule has 1 aromatic rings. The van der Waals surface area contributed by atoms with Gasteiger partial charge in [0.2, 0.25) is 0 Å². The number of rotatable bonds is 4. The second kappa shape index (κ2) is 6.10. The van der Waals surface area contributed by atoms with Gasteiger partial charge in [0.1, 0.15) is 11.4 Å². The van der Waals surface area contributed by atoms with Crippen molar-refractivity contribution in [3.63, 3.8) is 0 Å². The predicted molar refractivity (Wildman–Crippen MR) is 75.1 cm³/mol. The van der Waals surface area contributed by atoms with Crippen molar-refractivity contribution in [3.8, 4) is 0 Å². The number of nitrogens with one attached hydrogen (secondary N) is 1. The number of nitrogens with zero attached hydrogens (tertiary/aromatic N) is 2. The highest BCUT2D eigenvalue weighted by Gasteiger charge is 2.26. The summed E-state index contributed by atoms with van der Waals surface area (Å²) in [6.07, 6.45) is 3.98. The summed E-state index contributed by atoms with van der Waals surface area (Å²) in [5.74, 6) is 1.43. The van der Waals surface area contributed by atoms with E-state index in [9.17, 15) is 5.11 Å². The Hall–Kier alpha value is -1.49. The molecule has 2 heterocycles. The Morgan fingerprint density at radius 2 is 2.26 bits per heavy atom. The monoisotopic (exact) mass is 265 g/mol. The molecular weight excluding hydrogens is 242 g/mol. The largest absolute Gasteiger partial charge is 0.466 e. The van der Waals surface area contributed by atoms with E-state index >= 15 is 0 Å². The van der Waals surface area contributed by atoms with Crippen molar-refractivity contribution >= 4 is 5.96 Å². The van der Waals surface area contributed by atoms with E-state index in [0.29, 0.717) is 12.3 Å². The second-order valence-electron chi connectivity index (χ2n) is 5.12. The van der Waals surface area contributed by atoms with Crippen molar-refractivity contribution in [2.45, 2.75) is 32.3 Å². The molecule has 0 aliphatic carbocycles. The van der Waals surface area contributed by atoms with Crippen LogP contribution in [0, 0.1) is 0 Å². The summed E-state index contributed by atoms with van der Waals surface area (Å²) in [4.78, 5) is 6.78. The van der Waals surface area contributed by atoms with E-state index in [1.165, 1.54) is 12.8 Å². The van der Waals surface area contributed by atoms with E-state index in [2.05, 4.69) is 22.1 Å². The van der Waals surface area contributed by atoms with E-state index in [0.717, 1.165) is 25.6 Å².